The van der Waals surface area contributed by atoms with Gasteiger partial charge in [0, 0.05) is 12.6 Å². The van der Waals surface area contributed by atoms with Gasteiger partial charge in [0.15, 0.2) is 0 Å². The monoisotopic (exact) mass is 155 g/mol. The third kappa shape index (κ3) is 2.35. The summed E-state index contributed by atoms with van der Waals surface area (Å²) >= 11 is 0. The second kappa shape index (κ2) is 3.53. The molecule has 1 unspecified atom stereocenters. The van der Waals surface area contributed by atoms with E-state index in [0.717, 1.165) is 25.1 Å². The molecular formula is C8H13NO2. The zero-order chi connectivity index (χ0) is 8.27. The van der Waals surface area contributed by atoms with E-state index < -0.39 is 5.97 Å². The fourth-order valence-electron chi connectivity index (χ4n) is 1.30. The average molecular weight is 155 g/mol. The highest BCUT2D eigenvalue weighted by Crippen LogP contribution is 2.16. The lowest BCUT2D eigenvalue weighted by molar-refractivity contribution is -0.131. The maximum absolute atomic E-state index is 10.3. The summed E-state index contributed by atoms with van der Waals surface area (Å²) in [6.07, 6.45) is 2.21. The van der Waals surface area contributed by atoms with Crippen LogP contribution in [0.25, 0.3) is 0 Å². The summed E-state index contributed by atoms with van der Waals surface area (Å²) in [6, 6.07) is 0. The van der Waals surface area contributed by atoms with Gasteiger partial charge < -0.3 is 10.4 Å². The van der Waals surface area contributed by atoms with Crippen molar-refractivity contribution in [1.29, 1.82) is 0 Å². The Balaban J connectivity index is 2.60. The molecule has 0 aromatic carbocycles. The molecule has 0 bridgehead atoms. The normalized spacial score (nSPS) is 28.8. The van der Waals surface area contributed by atoms with Crippen LogP contribution in [0.3, 0.4) is 0 Å². The highest BCUT2D eigenvalue weighted by molar-refractivity contribution is 5.80. The summed E-state index contributed by atoms with van der Waals surface area (Å²) in [5.74, 6) is -0.450. The van der Waals surface area contributed by atoms with Crippen LogP contribution in [0, 0.1) is 5.92 Å². The Labute approximate surface area is 66.1 Å². The molecule has 0 spiro atoms. The lowest BCUT2D eigenvalue weighted by Gasteiger charge is -2.21. The first-order chi connectivity index (χ1) is 5.20. The van der Waals surface area contributed by atoms with Crippen molar-refractivity contribution in [2.24, 2.45) is 5.92 Å². The minimum atomic E-state index is -0.825. The van der Waals surface area contributed by atoms with E-state index in [4.69, 9.17) is 5.11 Å². The standard InChI is InChI=1S/C8H13NO2/c1-6-5-9-3-2-7(6)4-8(10)11/h4,6,9H,2-3,5H2,1H3,(H,10,11)/b7-4+. The van der Waals surface area contributed by atoms with Gasteiger partial charge in [0.1, 0.15) is 0 Å². The van der Waals surface area contributed by atoms with Gasteiger partial charge in [-0.2, -0.15) is 0 Å². The summed E-state index contributed by atoms with van der Waals surface area (Å²) in [4.78, 5) is 10.3. The van der Waals surface area contributed by atoms with Gasteiger partial charge in [0.2, 0.25) is 0 Å². The largest absolute Gasteiger partial charge is 0.478 e. The zero-order valence-corrected chi connectivity index (χ0v) is 6.63. The lowest BCUT2D eigenvalue weighted by atomic mass is 9.94. The van der Waals surface area contributed by atoms with Gasteiger partial charge in [-0.15, -0.1) is 0 Å². The Morgan fingerprint density at radius 2 is 2.55 bits per heavy atom. The zero-order valence-electron chi connectivity index (χ0n) is 6.63. The number of carbonyl (C=O) groups is 1. The fourth-order valence-corrected chi connectivity index (χ4v) is 1.30. The molecule has 1 fully saturated rings. The van der Waals surface area contributed by atoms with E-state index in [1.165, 1.54) is 6.08 Å². The van der Waals surface area contributed by atoms with E-state index in [2.05, 4.69) is 5.32 Å². The molecule has 1 aliphatic heterocycles. The van der Waals surface area contributed by atoms with E-state index in [9.17, 15) is 4.79 Å². The van der Waals surface area contributed by atoms with Crippen LogP contribution in [0.4, 0.5) is 0 Å². The number of rotatable bonds is 1. The van der Waals surface area contributed by atoms with Crippen molar-refractivity contribution in [3.63, 3.8) is 0 Å². The van der Waals surface area contributed by atoms with Gasteiger partial charge in [-0.25, -0.2) is 4.79 Å². The Hall–Kier alpha value is -0.830. The number of hydrogen-bond donors (Lipinski definition) is 2. The third-order valence-electron chi connectivity index (χ3n) is 1.98. The van der Waals surface area contributed by atoms with Crippen LogP contribution in [-0.2, 0) is 4.79 Å². The quantitative estimate of drug-likeness (QED) is 0.546. The molecule has 1 rings (SSSR count). The second-order valence-electron chi connectivity index (χ2n) is 2.91. The van der Waals surface area contributed by atoms with Gasteiger partial charge in [-0.3, -0.25) is 0 Å². The van der Waals surface area contributed by atoms with Crippen LogP contribution in [-0.4, -0.2) is 24.2 Å². The summed E-state index contributed by atoms with van der Waals surface area (Å²) < 4.78 is 0. The predicted octanol–water partition coefficient (Wildman–Crippen LogP) is 0.627. The number of carboxylic acids is 1. The molecule has 3 nitrogen and oxygen atoms in total. The SMILES string of the molecule is CC1CNCC/C1=C\C(=O)O. The number of aliphatic carboxylic acids is 1. The maximum Gasteiger partial charge on any atom is 0.328 e. The van der Waals surface area contributed by atoms with Crippen molar-refractivity contribution >= 4 is 5.97 Å². The van der Waals surface area contributed by atoms with Crippen LogP contribution < -0.4 is 5.32 Å². The Morgan fingerprint density at radius 1 is 1.82 bits per heavy atom. The molecule has 1 aliphatic rings. The van der Waals surface area contributed by atoms with Crippen molar-refractivity contribution in [3.05, 3.63) is 11.6 Å². The fraction of sp³-hybridized carbons (Fsp3) is 0.625. The van der Waals surface area contributed by atoms with E-state index >= 15 is 0 Å². The molecule has 0 radical (unpaired) electrons. The molecule has 11 heavy (non-hydrogen) atoms. The number of hydrogen-bond acceptors (Lipinski definition) is 2. The Kier molecular flexibility index (Phi) is 2.65. The van der Waals surface area contributed by atoms with E-state index in [1.807, 2.05) is 6.92 Å². The first-order valence-electron chi connectivity index (χ1n) is 3.84. The first kappa shape index (κ1) is 8.27. The molecule has 0 aromatic heterocycles. The van der Waals surface area contributed by atoms with Crippen LogP contribution in [0.2, 0.25) is 0 Å². The molecular weight excluding hydrogens is 142 g/mol. The molecule has 1 heterocycles. The first-order valence-corrected chi connectivity index (χ1v) is 3.84. The molecule has 2 N–H and O–H groups in total. The summed E-state index contributed by atoms with van der Waals surface area (Å²) in [5.41, 5.74) is 1.05. The molecule has 3 heteroatoms. The minimum Gasteiger partial charge on any atom is -0.478 e. The van der Waals surface area contributed by atoms with Crippen molar-refractivity contribution in [2.75, 3.05) is 13.1 Å². The number of nitrogens with one attached hydrogen (secondary N) is 1. The van der Waals surface area contributed by atoms with Gasteiger partial charge in [0.25, 0.3) is 0 Å². The number of piperidine rings is 1. The van der Waals surface area contributed by atoms with Gasteiger partial charge in [0.05, 0.1) is 0 Å². The predicted molar refractivity (Wildman–Crippen MR) is 42.4 cm³/mol. The van der Waals surface area contributed by atoms with Crippen LogP contribution >= 0.6 is 0 Å². The third-order valence-corrected chi connectivity index (χ3v) is 1.98. The molecule has 1 atom stereocenters. The highest BCUT2D eigenvalue weighted by atomic mass is 16.4. The maximum atomic E-state index is 10.3. The summed E-state index contributed by atoms with van der Waals surface area (Å²) in [7, 11) is 0. The topological polar surface area (TPSA) is 49.3 Å². The summed E-state index contributed by atoms with van der Waals surface area (Å²) in [5, 5.41) is 11.7. The molecule has 0 aliphatic carbocycles. The average Bonchev–Trinajstić information content (AvgIpc) is 1.93. The van der Waals surface area contributed by atoms with Crippen LogP contribution in [0.5, 0.6) is 0 Å². The smallest absolute Gasteiger partial charge is 0.328 e. The lowest BCUT2D eigenvalue weighted by Crippen LogP contribution is -2.30. The van der Waals surface area contributed by atoms with E-state index in [1.54, 1.807) is 0 Å². The van der Waals surface area contributed by atoms with Gasteiger partial charge >= 0.3 is 5.97 Å². The molecule has 0 aromatic rings. The molecule has 0 saturated carbocycles. The molecule has 62 valence electrons. The van der Waals surface area contributed by atoms with Crippen LogP contribution in [0.1, 0.15) is 13.3 Å². The van der Waals surface area contributed by atoms with Crippen molar-refractivity contribution in [2.45, 2.75) is 13.3 Å². The summed E-state index contributed by atoms with van der Waals surface area (Å²) in [6.45, 7) is 3.85. The van der Waals surface area contributed by atoms with Gasteiger partial charge in [-0.05, 0) is 18.9 Å². The van der Waals surface area contributed by atoms with Crippen molar-refractivity contribution < 1.29 is 9.90 Å². The molecule has 0 amide bonds. The second-order valence-corrected chi connectivity index (χ2v) is 2.91. The van der Waals surface area contributed by atoms with Crippen molar-refractivity contribution in [1.82, 2.24) is 5.32 Å². The Morgan fingerprint density at radius 3 is 3.09 bits per heavy atom. The van der Waals surface area contributed by atoms with Crippen LogP contribution in [0.15, 0.2) is 11.6 Å². The van der Waals surface area contributed by atoms with Crippen molar-refractivity contribution in [3.8, 4) is 0 Å². The highest BCUT2D eigenvalue weighted by Gasteiger charge is 2.13. The van der Waals surface area contributed by atoms with E-state index in [-0.39, 0.29) is 0 Å². The number of carboxylic acid groups (broad SMARTS) is 1. The van der Waals surface area contributed by atoms with E-state index in [0.29, 0.717) is 5.92 Å². The van der Waals surface area contributed by atoms with Gasteiger partial charge in [-0.1, -0.05) is 12.5 Å². The molecule has 1 saturated heterocycles. The minimum absolute atomic E-state index is 0.375. The Bertz CT molecular complexity index is 187.